The van der Waals surface area contributed by atoms with E-state index in [1.54, 1.807) is 0 Å². The summed E-state index contributed by atoms with van der Waals surface area (Å²) in [6.07, 6.45) is 13.1. The fraction of sp³-hybridized carbons (Fsp3) is 1.00. The molecule has 1 saturated heterocycles. The zero-order valence-corrected chi connectivity index (χ0v) is 12.9. The second-order valence-electron chi connectivity index (χ2n) is 7.34. The third kappa shape index (κ3) is 3.96. The van der Waals surface area contributed by atoms with Crippen molar-refractivity contribution in [2.24, 2.45) is 5.92 Å². The van der Waals surface area contributed by atoms with E-state index in [0.29, 0.717) is 0 Å². The van der Waals surface area contributed by atoms with Crippen molar-refractivity contribution in [2.45, 2.75) is 82.4 Å². The minimum absolute atomic E-state index is 0.0186. The summed E-state index contributed by atoms with van der Waals surface area (Å²) < 4.78 is 0. The zero-order chi connectivity index (χ0) is 13.8. The van der Waals surface area contributed by atoms with Crippen LogP contribution in [-0.2, 0) is 0 Å². The van der Waals surface area contributed by atoms with Gasteiger partial charge in [0, 0.05) is 12.1 Å². The molecule has 0 amide bonds. The number of nitrogens with zero attached hydrogens (tertiary/aromatic N) is 1. The predicted molar refractivity (Wildman–Crippen MR) is 82.8 cm³/mol. The van der Waals surface area contributed by atoms with Gasteiger partial charge in [-0.15, -0.1) is 0 Å². The number of hydrogen-bond acceptors (Lipinski definition) is 3. The lowest BCUT2D eigenvalue weighted by atomic mass is 9.92. The number of nitrogens with one attached hydrogen (secondary N) is 1. The average Bonchev–Trinajstić information content (AvgIpc) is 2.92. The molecule has 116 valence electrons. The standard InChI is InChI=1S/C17H32N2O/c20-17-7-6-14(12-17)13-18-15-8-10-19(11-9-15)16-4-2-1-3-5-16/h14-18,20H,1-13H2/t14-,17+/m1/s1. The maximum Gasteiger partial charge on any atom is 0.0543 e. The van der Waals surface area contributed by atoms with Gasteiger partial charge in [0.15, 0.2) is 0 Å². The van der Waals surface area contributed by atoms with Gasteiger partial charge < -0.3 is 15.3 Å². The molecule has 3 rings (SSSR count). The van der Waals surface area contributed by atoms with Gasteiger partial charge in [-0.2, -0.15) is 0 Å². The highest BCUT2D eigenvalue weighted by atomic mass is 16.3. The Bertz CT molecular complexity index is 283. The molecule has 0 aromatic rings. The molecule has 2 atom stereocenters. The van der Waals surface area contributed by atoms with Crippen LogP contribution in [0.2, 0.25) is 0 Å². The Morgan fingerprint density at radius 1 is 0.900 bits per heavy atom. The summed E-state index contributed by atoms with van der Waals surface area (Å²) in [5.41, 5.74) is 0. The predicted octanol–water partition coefficient (Wildman–Crippen LogP) is 2.53. The Hall–Kier alpha value is -0.120. The number of likely N-dealkylation sites (tertiary alicyclic amines) is 1. The maximum atomic E-state index is 9.58. The molecule has 0 radical (unpaired) electrons. The SMILES string of the molecule is O[C@H]1CC[C@@H](CNC2CCN(C3CCCCC3)CC2)C1. The maximum absolute atomic E-state index is 9.58. The summed E-state index contributed by atoms with van der Waals surface area (Å²) in [7, 11) is 0. The summed E-state index contributed by atoms with van der Waals surface area (Å²) in [6, 6.07) is 1.63. The number of aliphatic hydroxyl groups excluding tert-OH is 1. The highest BCUT2D eigenvalue weighted by Gasteiger charge is 2.27. The number of rotatable bonds is 4. The molecule has 3 heteroatoms. The van der Waals surface area contributed by atoms with Gasteiger partial charge in [0.25, 0.3) is 0 Å². The van der Waals surface area contributed by atoms with Crippen molar-refractivity contribution >= 4 is 0 Å². The normalized spacial score (nSPS) is 34.6. The van der Waals surface area contributed by atoms with Gasteiger partial charge in [0.2, 0.25) is 0 Å². The molecule has 0 spiro atoms. The molecule has 0 bridgehead atoms. The highest BCUT2D eigenvalue weighted by Crippen LogP contribution is 2.27. The van der Waals surface area contributed by atoms with Crippen LogP contribution < -0.4 is 5.32 Å². The minimum Gasteiger partial charge on any atom is -0.393 e. The lowest BCUT2D eigenvalue weighted by molar-refractivity contribution is 0.114. The van der Waals surface area contributed by atoms with E-state index in [1.165, 1.54) is 64.5 Å². The van der Waals surface area contributed by atoms with E-state index in [4.69, 9.17) is 0 Å². The fourth-order valence-electron chi connectivity index (χ4n) is 4.48. The van der Waals surface area contributed by atoms with Crippen molar-refractivity contribution in [2.75, 3.05) is 19.6 Å². The monoisotopic (exact) mass is 280 g/mol. The molecular formula is C17H32N2O. The summed E-state index contributed by atoms with van der Waals surface area (Å²) in [6.45, 7) is 3.73. The first-order chi connectivity index (χ1) is 9.81. The van der Waals surface area contributed by atoms with Crippen LogP contribution in [0.1, 0.15) is 64.2 Å². The fourth-order valence-corrected chi connectivity index (χ4v) is 4.48. The second kappa shape index (κ2) is 7.24. The molecule has 3 fully saturated rings. The van der Waals surface area contributed by atoms with Gasteiger partial charge in [-0.25, -0.2) is 0 Å². The largest absolute Gasteiger partial charge is 0.393 e. The first kappa shape index (κ1) is 14.8. The molecule has 2 aliphatic carbocycles. The van der Waals surface area contributed by atoms with Crippen LogP contribution in [0.25, 0.3) is 0 Å². The Labute approximate surface area is 124 Å². The van der Waals surface area contributed by atoms with E-state index in [1.807, 2.05) is 0 Å². The topological polar surface area (TPSA) is 35.5 Å². The Balaban J connectivity index is 1.33. The van der Waals surface area contributed by atoms with Gasteiger partial charge >= 0.3 is 0 Å². The molecule has 20 heavy (non-hydrogen) atoms. The molecule has 2 N–H and O–H groups in total. The molecular weight excluding hydrogens is 248 g/mol. The van der Waals surface area contributed by atoms with E-state index >= 15 is 0 Å². The van der Waals surface area contributed by atoms with Gasteiger partial charge in [0.1, 0.15) is 0 Å². The van der Waals surface area contributed by atoms with Crippen LogP contribution in [-0.4, -0.2) is 47.8 Å². The molecule has 0 unspecified atom stereocenters. The Morgan fingerprint density at radius 2 is 1.65 bits per heavy atom. The van der Waals surface area contributed by atoms with Crippen molar-refractivity contribution in [3.63, 3.8) is 0 Å². The highest BCUT2D eigenvalue weighted by molar-refractivity contribution is 4.84. The summed E-state index contributed by atoms with van der Waals surface area (Å²) in [4.78, 5) is 2.76. The van der Waals surface area contributed by atoms with Crippen LogP contribution in [0.4, 0.5) is 0 Å². The lowest BCUT2D eigenvalue weighted by Crippen LogP contribution is -2.47. The van der Waals surface area contributed by atoms with E-state index in [-0.39, 0.29) is 6.10 Å². The summed E-state index contributed by atoms with van der Waals surface area (Å²) in [5.74, 6) is 0.723. The van der Waals surface area contributed by atoms with E-state index < -0.39 is 0 Å². The summed E-state index contributed by atoms with van der Waals surface area (Å²) in [5, 5.41) is 13.4. The molecule has 2 saturated carbocycles. The molecule has 0 aromatic heterocycles. The third-order valence-electron chi connectivity index (χ3n) is 5.83. The molecule has 0 aromatic carbocycles. The number of piperidine rings is 1. The number of hydrogen-bond donors (Lipinski definition) is 2. The first-order valence-electron chi connectivity index (χ1n) is 8.97. The van der Waals surface area contributed by atoms with E-state index in [2.05, 4.69) is 10.2 Å². The molecule has 3 aliphatic rings. The average molecular weight is 280 g/mol. The van der Waals surface area contributed by atoms with Crippen LogP contribution >= 0.6 is 0 Å². The van der Waals surface area contributed by atoms with Crippen molar-refractivity contribution in [3.8, 4) is 0 Å². The Morgan fingerprint density at radius 3 is 2.30 bits per heavy atom. The van der Waals surface area contributed by atoms with Crippen molar-refractivity contribution in [1.29, 1.82) is 0 Å². The zero-order valence-electron chi connectivity index (χ0n) is 12.9. The minimum atomic E-state index is -0.0186. The van der Waals surface area contributed by atoms with Crippen LogP contribution in [0.3, 0.4) is 0 Å². The summed E-state index contributed by atoms with van der Waals surface area (Å²) >= 11 is 0. The lowest BCUT2D eigenvalue weighted by Gasteiger charge is -2.39. The number of aliphatic hydroxyl groups is 1. The molecule has 1 aliphatic heterocycles. The van der Waals surface area contributed by atoms with Crippen molar-refractivity contribution in [1.82, 2.24) is 10.2 Å². The smallest absolute Gasteiger partial charge is 0.0543 e. The quantitative estimate of drug-likeness (QED) is 0.831. The van der Waals surface area contributed by atoms with Gasteiger partial charge in [-0.05, 0) is 70.5 Å². The van der Waals surface area contributed by atoms with Gasteiger partial charge in [-0.1, -0.05) is 19.3 Å². The van der Waals surface area contributed by atoms with Gasteiger partial charge in [0.05, 0.1) is 6.10 Å². The van der Waals surface area contributed by atoms with Crippen molar-refractivity contribution in [3.05, 3.63) is 0 Å². The Kier molecular flexibility index (Phi) is 5.36. The van der Waals surface area contributed by atoms with Crippen LogP contribution in [0.5, 0.6) is 0 Å². The van der Waals surface area contributed by atoms with Gasteiger partial charge in [-0.3, -0.25) is 0 Å². The molecule has 1 heterocycles. The third-order valence-corrected chi connectivity index (χ3v) is 5.83. The van der Waals surface area contributed by atoms with Crippen LogP contribution in [0.15, 0.2) is 0 Å². The van der Waals surface area contributed by atoms with E-state index in [9.17, 15) is 5.11 Å². The first-order valence-corrected chi connectivity index (χ1v) is 8.97. The van der Waals surface area contributed by atoms with E-state index in [0.717, 1.165) is 37.4 Å². The van der Waals surface area contributed by atoms with Crippen LogP contribution in [0, 0.1) is 5.92 Å². The van der Waals surface area contributed by atoms with Crippen molar-refractivity contribution < 1.29 is 5.11 Å². The second-order valence-corrected chi connectivity index (χ2v) is 7.34. The molecule has 3 nitrogen and oxygen atoms in total.